The fourth-order valence-corrected chi connectivity index (χ4v) is 4.74. The van der Waals surface area contributed by atoms with Crippen LogP contribution in [0.4, 0.5) is 10.3 Å². The minimum absolute atomic E-state index is 0.218. The highest BCUT2D eigenvalue weighted by Gasteiger charge is 2.22. The predicted octanol–water partition coefficient (Wildman–Crippen LogP) is 4.34. The molecule has 6 rings (SSSR count). The highest BCUT2D eigenvalue weighted by molar-refractivity contribution is 5.78. The molecule has 1 aliphatic rings. The summed E-state index contributed by atoms with van der Waals surface area (Å²) in [5.74, 6) is 0.654. The molecule has 34 heavy (non-hydrogen) atoms. The van der Waals surface area contributed by atoms with Gasteiger partial charge in [0.15, 0.2) is 5.65 Å². The van der Waals surface area contributed by atoms with Gasteiger partial charge < -0.3 is 14.3 Å². The van der Waals surface area contributed by atoms with Crippen molar-refractivity contribution < 1.29 is 4.39 Å². The molecule has 2 aromatic carbocycles. The van der Waals surface area contributed by atoms with Crippen LogP contribution in [0.5, 0.6) is 0 Å². The molecule has 1 saturated heterocycles. The summed E-state index contributed by atoms with van der Waals surface area (Å²) in [5.41, 5.74) is 5.04. The molecular weight excluding hydrogens is 429 g/mol. The van der Waals surface area contributed by atoms with Crippen LogP contribution in [0.15, 0.2) is 73.3 Å². The number of nitrogens with one attached hydrogen (secondary N) is 1. The van der Waals surface area contributed by atoms with Gasteiger partial charge in [0.05, 0.1) is 29.5 Å². The molecule has 0 bridgehead atoms. The van der Waals surface area contributed by atoms with E-state index in [0.29, 0.717) is 12.6 Å². The molecule has 0 amide bonds. The Morgan fingerprint density at radius 3 is 2.62 bits per heavy atom. The molecule has 0 atom stereocenters. The largest absolute Gasteiger partial charge is 0.353 e. The van der Waals surface area contributed by atoms with Crippen molar-refractivity contribution in [1.82, 2.24) is 28.8 Å². The zero-order valence-corrected chi connectivity index (χ0v) is 18.8. The highest BCUT2D eigenvalue weighted by atomic mass is 19.1. The maximum Gasteiger partial charge on any atom is 0.204 e. The number of anilines is 1. The lowest BCUT2D eigenvalue weighted by molar-refractivity contribution is 0.209. The van der Waals surface area contributed by atoms with Crippen molar-refractivity contribution >= 4 is 22.6 Å². The van der Waals surface area contributed by atoms with Gasteiger partial charge in [0.2, 0.25) is 5.95 Å². The molecule has 1 fully saturated rings. The smallest absolute Gasteiger partial charge is 0.204 e. The van der Waals surface area contributed by atoms with Crippen molar-refractivity contribution in [3.63, 3.8) is 0 Å². The highest BCUT2D eigenvalue weighted by Crippen LogP contribution is 2.24. The number of imidazole rings is 2. The number of fused-ring (bicyclic) bond motifs is 2. The van der Waals surface area contributed by atoms with Gasteiger partial charge in [-0.25, -0.2) is 14.4 Å². The normalized spacial score (nSPS) is 15.3. The number of benzene rings is 2. The first-order valence-corrected chi connectivity index (χ1v) is 11.7. The van der Waals surface area contributed by atoms with E-state index in [4.69, 9.17) is 4.98 Å². The molecule has 1 N–H and O–H groups in total. The average molecular weight is 456 g/mol. The summed E-state index contributed by atoms with van der Waals surface area (Å²) in [7, 11) is 0. The Hall–Kier alpha value is -3.78. The lowest BCUT2D eigenvalue weighted by Gasteiger charge is -2.32. The van der Waals surface area contributed by atoms with Gasteiger partial charge in [-0.1, -0.05) is 24.3 Å². The average Bonchev–Trinajstić information content (AvgIpc) is 3.42. The van der Waals surface area contributed by atoms with Crippen LogP contribution >= 0.6 is 0 Å². The Morgan fingerprint density at radius 2 is 1.79 bits per heavy atom. The van der Waals surface area contributed by atoms with Gasteiger partial charge in [0.25, 0.3) is 0 Å². The minimum atomic E-state index is -0.218. The van der Waals surface area contributed by atoms with E-state index in [0.717, 1.165) is 66.4 Å². The van der Waals surface area contributed by atoms with E-state index in [2.05, 4.69) is 37.0 Å². The minimum Gasteiger partial charge on any atom is -0.353 e. The standard InChI is InChI=1S/C26H26FN7/c27-20-7-5-19(6-8-20)16-34-24-4-2-1-3-23(24)31-26(34)30-21-9-12-32(13-10-21)17-22-18-33-14-11-28-15-25(33)29-22/h1-8,11,14-15,18,21H,9-10,12-13,16-17H2,(H,30,31). The zero-order chi connectivity index (χ0) is 22.9. The number of hydrogen-bond acceptors (Lipinski definition) is 5. The summed E-state index contributed by atoms with van der Waals surface area (Å²) in [4.78, 5) is 16.2. The number of para-hydroxylation sites is 2. The molecule has 4 heterocycles. The van der Waals surface area contributed by atoms with Crippen molar-refractivity contribution in [3.8, 4) is 0 Å². The number of hydrogen-bond donors (Lipinski definition) is 1. The van der Waals surface area contributed by atoms with Gasteiger partial charge in [-0.15, -0.1) is 0 Å². The molecule has 0 unspecified atom stereocenters. The SMILES string of the molecule is Fc1ccc(Cn2c(NC3CCN(Cc4cn5ccncc5n4)CC3)nc3ccccc32)cc1. The van der Waals surface area contributed by atoms with Crippen LogP contribution < -0.4 is 5.32 Å². The second kappa shape index (κ2) is 8.87. The Labute approximate surface area is 196 Å². The topological polar surface area (TPSA) is 63.3 Å². The Morgan fingerprint density at radius 1 is 0.971 bits per heavy atom. The van der Waals surface area contributed by atoms with Crippen molar-refractivity contribution in [2.45, 2.75) is 32.0 Å². The quantitative estimate of drug-likeness (QED) is 0.413. The van der Waals surface area contributed by atoms with Crippen molar-refractivity contribution in [3.05, 3.63) is 90.4 Å². The number of aromatic nitrogens is 5. The molecule has 172 valence electrons. The third-order valence-corrected chi connectivity index (χ3v) is 6.53. The van der Waals surface area contributed by atoms with Crippen LogP contribution in [-0.2, 0) is 13.1 Å². The van der Waals surface area contributed by atoms with E-state index in [9.17, 15) is 4.39 Å². The fraction of sp³-hybridized carbons (Fsp3) is 0.269. The molecule has 0 saturated carbocycles. The maximum absolute atomic E-state index is 13.4. The van der Waals surface area contributed by atoms with Crippen LogP contribution in [-0.4, -0.2) is 48.0 Å². The zero-order valence-electron chi connectivity index (χ0n) is 18.8. The van der Waals surface area contributed by atoms with Crippen molar-refractivity contribution in [1.29, 1.82) is 0 Å². The summed E-state index contributed by atoms with van der Waals surface area (Å²) in [6.45, 7) is 3.49. The second-order valence-corrected chi connectivity index (χ2v) is 8.91. The molecule has 5 aromatic rings. The predicted molar refractivity (Wildman–Crippen MR) is 130 cm³/mol. The van der Waals surface area contributed by atoms with E-state index < -0.39 is 0 Å². The summed E-state index contributed by atoms with van der Waals surface area (Å²) in [6.07, 6.45) is 9.65. The number of likely N-dealkylation sites (tertiary alicyclic amines) is 1. The van der Waals surface area contributed by atoms with Gasteiger partial charge in [-0.3, -0.25) is 9.88 Å². The molecule has 1 aliphatic heterocycles. The van der Waals surface area contributed by atoms with Crippen LogP contribution in [0.25, 0.3) is 16.7 Å². The maximum atomic E-state index is 13.4. The van der Waals surface area contributed by atoms with Crippen LogP contribution in [0.3, 0.4) is 0 Å². The first-order valence-electron chi connectivity index (χ1n) is 11.7. The first-order chi connectivity index (χ1) is 16.7. The lowest BCUT2D eigenvalue weighted by Crippen LogP contribution is -2.39. The van der Waals surface area contributed by atoms with Gasteiger partial charge in [0.1, 0.15) is 5.82 Å². The van der Waals surface area contributed by atoms with Gasteiger partial charge in [-0.2, -0.15) is 0 Å². The number of rotatable bonds is 6. The van der Waals surface area contributed by atoms with E-state index >= 15 is 0 Å². The molecule has 3 aromatic heterocycles. The molecule has 0 aliphatic carbocycles. The van der Waals surface area contributed by atoms with Crippen LogP contribution in [0.1, 0.15) is 24.1 Å². The van der Waals surface area contributed by atoms with Gasteiger partial charge in [-0.05, 0) is 42.7 Å². The molecule has 7 nitrogen and oxygen atoms in total. The van der Waals surface area contributed by atoms with Crippen molar-refractivity contribution in [2.75, 3.05) is 18.4 Å². The van der Waals surface area contributed by atoms with Crippen LogP contribution in [0, 0.1) is 5.82 Å². The first kappa shape index (κ1) is 20.8. The molecular formula is C26H26FN7. The summed E-state index contributed by atoms with van der Waals surface area (Å²) in [6, 6.07) is 15.2. The Bertz CT molecular complexity index is 1380. The third kappa shape index (κ3) is 4.24. The Balaban J connectivity index is 1.14. The van der Waals surface area contributed by atoms with Gasteiger partial charge in [0, 0.05) is 44.3 Å². The van der Waals surface area contributed by atoms with E-state index in [1.807, 2.05) is 40.9 Å². The second-order valence-electron chi connectivity index (χ2n) is 8.91. The lowest BCUT2D eigenvalue weighted by atomic mass is 10.1. The van der Waals surface area contributed by atoms with Gasteiger partial charge >= 0.3 is 0 Å². The number of piperidine rings is 1. The van der Waals surface area contributed by atoms with Crippen molar-refractivity contribution in [2.24, 2.45) is 0 Å². The Kier molecular flexibility index (Phi) is 5.43. The molecule has 0 radical (unpaired) electrons. The summed E-state index contributed by atoms with van der Waals surface area (Å²) < 4.78 is 17.6. The number of nitrogens with zero attached hydrogens (tertiary/aromatic N) is 6. The molecule has 8 heteroatoms. The fourth-order valence-electron chi connectivity index (χ4n) is 4.74. The third-order valence-electron chi connectivity index (χ3n) is 6.53. The summed E-state index contributed by atoms with van der Waals surface area (Å²) >= 11 is 0. The van der Waals surface area contributed by atoms with E-state index in [1.54, 1.807) is 12.4 Å². The monoisotopic (exact) mass is 455 g/mol. The summed E-state index contributed by atoms with van der Waals surface area (Å²) in [5, 5.41) is 3.70. The van der Waals surface area contributed by atoms with Crippen LogP contribution in [0.2, 0.25) is 0 Å². The van der Waals surface area contributed by atoms with E-state index in [1.165, 1.54) is 12.1 Å². The number of halogens is 1. The van der Waals surface area contributed by atoms with E-state index in [-0.39, 0.29) is 5.82 Å². The molecule has 0 spiro atoms.